The van der Waals surface area contributed by atoms with E-state index in [2.05, 4.69) is 10.2 Å². The molecule has 1 amide bonds. The number of primary amides is 1. The lowest BCUT2D eigenvalue weighted by Crippen LogP contribution is -2.10. The van der Waals surface area contributed by atoms with Crippen LogP contribution < -0.4 is 5.73 Å². The van der Waals surface area contributed by atoms with Crippen molar-refractivity contribution in [2.45, 2.75) is 0 Å². The molecule has 4 nitrogen and oxygen atoms in total. The Kier molecular flexibility index (Phi) is 1.86. The molecule has 0 unspecified atom stereocenters. The molecule has 2 aromatic rings. The van der Waals surface area contributed by atoms with Gasteiger partial charge in [0.2, 0.25) is 0 Å². The van der Waals surface area contributed by atoms with Crippen molar-refractivity contribution in [3.05, 3.63) is 28.6 Å². The van der Waals surface area contributed by atoms with Crippen molar-refractivity contribution in [1.29, 1.82) is 0 Å². The smallest absolute Gasteiger partial charge is 0.266 e. The Hall–Kier alpha value is -1.62. The summed E-state index contributed by atoms with van der Waals surface area (Å²) in [6.45, 7) is 0. The highest BCUT2D eigenvalue weighted by molar-refractivity contribution is 7.08. The van der Waals surface area contributed by atoms with Crippen LogP contribution in [0, 0.1) is 0 Å². The minimum atomic E-state index is -0.492. The molecule has 0 atom stereocenters. The zero-order chi connectivity index (χ0) is 9.26. The molecule has 66 valence electrons. The Labute approximate surface area is 78.4 Å². The van der Waals surface area contributed by atoms with Gasteiger partial charge in [-0.1, -0.05) is 0 Å². The van der Waals surface area contributed by atoms with Crippen molar-refractivity contribution in [2.24, 2.45) is 5.73 Å². The first-order chi connectivity index (χ1) is 6.27. The predicted octanol–water partition coefficient (Wildman–Crippen LogP) is 1.24. The van der Waals surface area contributed by atoms with Crippen LogP contribution in [0.2, 0.25) is 0 Å². The number of hydrogen-bond donors (Lipinski definition) is 2. The number of nitrogens with one attached hydrogen (secondary N) is 1. The number of aromatic nitrogens is 2. The van der Waals surface area contributed by atoms with Crippen LogP contribution in [-0.2, 0) is 0 Å². The van der Waals surface area contributed by atoms with Crippen LogP contribution in [0.15, 0.2) is 22.9 Å². The maximum absolute atomic E-state index is 10.7. The number of nitrogens with zero attached hydrogens (tertiary/aromatic N) is 1. The normalized spacial score (nSPS) is 10.2. The fourth-order valence-electron chi connectivity index (χ4n) is 1.01. The molecule has 0 aromatic carbocycles. The molecular weight excluding hydrogens is 186 g/mol. The fraction of sp³-hybridized carbons (Fsp3) is 0. The van der Waals surface area contributed by atoms with E-state index in [0.29, 0.717) is 5.69 Å². The van der Waals surface area contributed by atoms with E-state index in [0.717, 1.165) is 11.3 Å². The first-order valence-corrected chi connectivity index (χ1v) is 4.59. The van der Waals surface area contributed by atoms with Crippen LogP contribution in [0.5, 0.6) is 0 Å². The maximum atomic E-state index is 10.7. The summed E-state index contributed by atoms with van der Waals surface area (Å²) in [7, 11) is 0. The average Bonchev–Trinajstić information content (AvgIpc) is 2.75. The molecule has 0 saturated heterocycles. The SMILES string of the molecule is NC(=O)c1cc(-c2ccsc2)n[nH]1. The number of carbonyl (C=O) groups is 1. The second kappa shape index (κ2) is 3.02. The number of hydrogen-bond acceptors (Lipinski definition) is 3. The molecule has 2 rings (SSSR count). The molecule has 2 aromatic heterocycles. The molecule has 0 spiro atoms. The second-order valence-corrected chi connectivity index (χ2v) is 3.32. The number of nitrogens with two attached hydrogens (primary N) is 1. The summed E-state index contributed by atoms with van der Waals surface area (Å²) in [6, 6.07) is 3.58. The summed E-state index contributed by atoms with van der Waals surface area (Å²) in [5.41, 5.74) is 7.15. The van der Waals surface area contributed by atoms with E-state index in [-0.39, 0.29) is 0 Å². The zero-order valence-electron chi connectivity index (χ0n) is 6.65. The van der Waals surface area contributed by atoms with Crippen LogP contribution in [-0.4, -0.2) is 16.1 Å². The van der Waals surface area contributed by atoms with Gasteiger partial charge in [-0.3, -0.25) is 9.89 Å². The summed E-state index contributed by atoms with van der Waals surface area (Å²) in [6.07, 6.45) is 0. The largest absolute Gasteiger partial charge is 0.364 e. The summed E-state index contributed by atoms with van der Waals surface area (Å²) in [5.74, 6) is -0.492. The second-order valence-electron chi connectivity index (χ2n) is 2.54. The van der Waals surface area contributed by atoms with Crippen molar-refractivity contribution in [3.63, 3.8) is 0 Å². The first-order valence-electron chi connectivity index (χ1n) is 3.65. The molecule has 5 heteroatoms. The molecule has 0 aliphatic heterocycles. The highest BCUT2D eigenvalue weighted by Gasteiger charge is 2.07. The number of H-pyrrole nitrogens is 1. The highest BCUT2D eigenvalue weighted by Crippen LogP contribution is 2.19. The minimum Gasteiger partial charge on any atom is -0.364 e. The summed E-state index contributed by atoms with van der Waals surface area (Å²) < 4.78 is 0. The van der Waals surface area contributed by atoms with Crippen molar-refractivity contribution >= 4 is 17.2 Å². The van der Waals surface area contributed by atoms with E-state index in [1.54, 1.807) is 17.4 Å². The number of aromatic amines is 1. The Morgan fingerprint density at radius 2 is 2.46 bits per heavy atom. The van der Waals surface area contributed by atoms with E-state index < -0.39 is 5.91 Å². The standard InChI is InChI=1S/C8H7N3OS/c9-8(12)7-3-6(10-11-7)5-1-2-13-4-5/h1-4H,(H2,9,12)(H,10,11). The predicted molar refractivity (Wildman–Crippen MR) is 50.4 cm³/mol. The zero-order valence-corrected chi connectivity index (χ0v) is 7.47. The van der Waals surface area contributed by atoms with Crippen LogP contribution in [0.1, 0.15) is 10.5 Å². The van der Waals surface area contributed by atoms with Gasteiger partial charge < -0.3 is 5.73 Å². The van der Waals surface area contributed by atoms with E-state index in [4.69, 9.17) is 5.73 Å². The lowest BCUT2D eigenvalue weighted by atomic mass is 10.2. The molecule has 2 heterocycles. The summed E-state index contributed by atoms with van der Waals surface area (Å²) in [4.78, 5) is 10.7. The monoisotopic (exact) mass is 193 g/mol. The lowest BCUT2D eigenvalue weighted by Gasteiger charge is -1.84. The van der Waals surface area contributed by atoms with Crippen LogP contribution >= 0.6 is 11.3 Å². The van der Waals surface area contributed by atoms with Crippen LogP contribution in [0.25, 0.3) is 11.3 Å². The quantitative estimate of drug-likeness (QED) is 0.753. The van der Waals surface area contributed by atoms with Gasteiger partial charge in [0.15, 0.2) is 0 Å². The molecule has 3 N–H and O–H groups in total. The molecule has 13 heavy (non-hydrogen) atoms. The molecule has 0 bridgehead atoms. The van der Waals surface area contributed by atoms with Crippen LogP contribution in [0.4, 0.5) is 0 Å². The minimum absolute atomic E-state index is 0.334. The van der Waals surface area contributed by atoms with Gasteiger partial charge in [0.1, 0.15) is 5.69 Å². The molecule has 0 saturated carbocycles. The molecular formula is C8H7N3OS. The number of amides is 1. The van der Waals surface area contributed by atoms with Gasteiger partial charge in [0.25, 0.3) is 5.91 Å². The fourth-order valence-corrected chi connectivity index (χ4v) is 1.66. The van der Waals surface area contributed by atoms with Crippen molar-refractivity contribution < 1.29 is 4.79 Å². The van der Waals surface area contributed by atoms with Crippen LogP contribution in [0.3, 0.4) is 0 Å². The Morgan fingerprint density at radius 3 is 3.00 bits per heavy atom. The van der Waals surface area contributed by atoms with E-state index in [1.165, 1.54) is 0 Å². The van der Waals surface area contributed by atoms with E-state index >= 15 is 0 Å². The highest BCUT2D eigenvalue weighted by atomic mass is 32.1. The molecule has 0 aliphatic rings. The van der Waals surface area contributed by atoms with E-state index in [1.807, 2.05) is 16.8 Å². The van der Waals surface area contributed by atoms with Gasteiger partial charge in [0, 0.05) is 10.9 Å². The van der Waals surface area contributed by atoms with Crippen molar-refractivity contribution in [3.8, 4) is 11.3 Å². The average molecular weight is 193 g/mol. The molecule has 0 radical (unpaired) electrons. The number of rotatable bonds is 2. The molecule has 0 aliphatic carbocycles. The van der Waals surface area contributed by atoms with Gasteiger partial charge in [-0.25, -0.2) is 0 Å². The Morgan fingerprint density at radius 1 is 1.62 bits per heavy atom. The lowest BCUT2D eigenvalue weighted by molar-refractivity contribution is 0.0995. The van der Waals surface area contributed by atoms with Gasteiger partial charge in [-0.2, -0.15) is 16.4 Å². The third-order valence-corrected chi connectivity index (χ3v) is 2.34. The van der Waals surface area contributed by atoms with Crippen molar-refractivity contribution in [2.75, 3.05) is 0 Å². The molecule has 0 fully saturated rings. The third kappa shape index (κ3) is 1.46. The van der Waals surface area contributed by atoms with Gasteiger partial charge in [-0.15, -0.1) is 0 Å². The van der Waals surface area contributed by atoms with Crippen molar-refractivity contribution in [1.82, 2.24) is 10.2 Å². The number of thiophene rings is 1. The van der Waals surface area contributed by atoms with Gasteiger partial charge in [-0.05, 0) is 17.5 Å². The Bertz CT molecular complexity index is 418. The summed E-state index contributed by atoms with van der Waals surface area (Å²) in [5, 5.41) is 10.4. The first kappa shape index (κ1) is 8.00. The topological polar surface area (TPSA) is 71.8 Å². The maximum Gasteiger partial charge on any atom is 0.266 e. The van der Waals surface area contributed by atoms with E-state index in [9.17, 15) is 4.79 Å². The summed E-state index contributed by atoms with van der Waals surface area (Å²) >= 11 is 1.58. The Balaban J connectivity index is 2.39. The number of carbonyl (C=O) groups excluding carboxylic acids is 1. The third-order valence-electron chi connectivity index (χ3n) is 1.66. The van der Waals surface area contributed by atoms with Gasteiger partial charge >= 0.3 is 0 Å². The van der Waals surface area contributed by atoms with Gasteiger partial charge in [0.05, 0.1) is 5.69 Å².